The van der Waals surface area contributed by atoms with Crippen LogP contribution in [0.2, 0.25) is 5.02 Å². The molecule has 0 aliphatic carbocycles. The number of nitrogens with one attached hydrogen (secondary N) is 1. The Bertz CT molecular complexity index is 686. The maximum atomic E-state index is 12.9. The van der Waals surface area contributed by atoms with Crippen LogP contribution in [0.3, 0.4) is 0 Å². The maximum Gasteiger partial charge on any atom is 0.255 e. The molecule has 7 nitrogen and oxygen atoms in total. The van der Waals surface area contributed by atoms with Gasteiger partial charge in [0.05, 0.1) is 36.0 Å². The number of carbonyl (C=O) groups excluding carboxylic acids is 1. The second-order valence-corrected chi connectivity index (χ2v) is 7.38. The number of hydroxylamine groups is 3. The molecule has 8 heteroatoms. The summed E-state index contributed by atoms with van der Waals surface area (Å²) in [4.78, 5) is 12.7. The number of nitrogens with zero attached hydrogens (tertiary/aromatic N) is 1. The summed E-state index contributed by atoms with van der Waals surface area (Å²) in [6.45, 7) is 3.29. The van der Waals surface area contributed by atoms with Gasteiger partial charge in [-0.1, -0.05) is 18.5 Å². The molecular formula is C18H26ClN3O4. The average Bonchev–Trinajstić information content (AvgIpc) is 3.11. The number of anilines is 1. The van der Waals surface area contributed by atoms with Gasteiger partial charge in [0.2, 0.25) is 0 Å². The van der Waals surface area contributed by atoms with Crippen LogP contribution >= 0.6 is 11.6 Å². The van der Waals surface area contributed by atoms with Crippen molar-refractivity contribution in [1.29, 1.82) is 0 Å². The number of amides is 1. The molecule has 3 N–H and O–H groups in total. The zero-order valence-electron chi connectivity index (χ0n) is 15.2. The molecule has 144 valence electrons. The standard InChI is InChI=1S/C18H26ClN3O4/c1-3-15(25-2)22(24)7-4-11(5-8-22)21-18(23)13-10-14(19)16(20)12-6-9-26-17(12)13/h10-11,15H,3-9,20H2,1-2H3,(H,21,23). The minimum Gasteiger partial charge on any atom is -0.631 e. The lowest BCUT2D eigenvalue weighted by atomic mass is 10.0. The van der Waals surface area contributed by atoms with Crippen molar-refractivity contribution in [2.75, 3.05) is 32.5 Å². The highest BCUT2D eigenvalue weighted by atomic mass is 35.5. The van der Waals surface area contributed by atoms with E-state index >= 15 is 0 Å². The van der Waals surface area contributed by atoms with Gasteiger partial charge in [-0.3, -0.25) is 4.79 Å². The Morgan fingerprint density at radius 1 is 1.54 bits per heavy atom. The van der Waals surface area contributed by atoms with Crippen LogP contribution in [0.1, 0.15) is 42.1 Å². The molecule has 1 fully saturated rings. The number of likely N-dealkylation sites (tertiary alicyclic amines) is 1. The Labute approximate surface area is 158 Å². The van der Waals surface area contributed by atoms with Crippen molar-refractivity contribution in [1.82, 2.24) is 5.32 Å². The number of carbonyl (C=O) groups is 1. The smallest absolute Gasteiger partial charge is 0.255 e. The Morgan fingerprint density at radius 3 is 2.85 bits per heavy atom. The first-order chi connectivity index (χ1) is 12.4. The number of hydrogen-bond donors (Lipinski definition) is 2. The number of piperidine rings is 1. The van der Waals surface area contributed by atoms with Crippen LogP contribution < -0.4 is 15.8 Å². The van der Waals surface area contributed by atoms with Crippen LogP contribution in [0.5, 0.6) is 5.75 Å². The van der Waals surface area contributed by atoms with Gasteiger partial charge in [0.25, 0.3) is 5.91 Å². The van der Waals surface area contributed by atoms with E-state index in [-0.39, 0.29) is 22.8 Å². The van der Waals surface area contributed by atoms with E-state index in [9.17, 15) is 10.0 Å². The Hall–Kier alpha value is -1.54. The lowest BCUT2D eigenvalue weighted by Gasteiger charge is -2.51. The first-order valence-electron chi connectivity index (χ1n) is 9.04. The van der Waals surface area contributed by atoms with Gasteiger partial charge in [-0.25, -0.2) is 0 Å². The molecule has 0 saturated carbocycles. The van der Waals surface area contributed by atoms with Crippen molar-refractivity contribution in [3.05, 3.63) is 27.4 Å². The summed E-state index contributed by atoms with van der Waals surface area (Å²) in [6.07, 6.45) is 2.20. The third kappa shape index (κ3) is 3.49. The molecule has 1 aromatic rings. The summed E-state index contributed by atoms with van der Waals surface area (Å²) in [7, 11) is 1.57. The van der Waals surface area contributed by atoms with Crippen molar-refractivity contribution in [2.24, 2.45) is 0 Å². The van der Waals surface area contributed by atoms with Gasteiger partial charge in [-0.15, -0.1) is 0 Å². The molecule has 26 heavy (non-hydrogen) atoms. The number of rotatable bonds is 5. The molecule has 2 aliphatic heterocycles. The summed E-state index contributed by atoms with van der Waals surface area (Å²) in [5.41, 5.74) is 7.67. The first kappa shape index (κ1) is 19.2. The van der Waals surface area contributed by atoms with Crippen LogP contribution in [0.25, 0.3) is 0 Å². The predicted molar refractivity (Wildman–Crippen MR) is 100 cm³/mol. The molecule has 1 saturated heterocycles. The Balaban J connectivity index is 1.68. The number of quaternary nitrogens is 1. The molecule has 1 aromatic carbocycles. The highest BCUT2D eigenvalue weighted by molar-refractivity contribution is 6.33. The molecule has 0 radical (unpaired) electrons. The molecule has 1 atom stereocenters. The van der Waals surface area contributed by atoms with E-state index in [2.05, 4.69) is 5.32 Å². The zero-order valence-corrected chi connectivity index (χ0v) is 16.0. The second kappa shape index (κ2) is 7.60. The summed E-state index contributed by atoms with van der Waals surface area (Å²) in [6, 6.07) is 1.51. The van der Waals surface area contributed by atoms with Crippen LogP contribution in [0, 0.1) is 5.21 Å². The van der Waals surface area contributed by atoms with Gasteiger partial charge in [0.15, 0.2) is 6.23 Å². The lowest BCUT2D eigenvalue weighted by molar-refractivity contribution is -0.932. The third-order valence-electron chi connectivity index (χ3n) is 5.41. The fourth-order valence-corrected chi connectivity index (χ4v) is 4.15. The molecule has 1 unspecified atom stereocenters. The minimum absolute atomic E-state index is 0.0505. The number of methoxy groups -OCH3 is 1. The van der Waals surface area contributed by atoms with Crippen molar-refractivity contribution < 1.29 is 18.9 Å². The quantitative estimate of drug-likeness (QED) is 0.462. The van der Waals surface area contributed by atoms with Crippen molar-refractivity contribution in [3.8, 4) is 5.75 Å². The number of nitrogen functional groups attached to an aromatic ring is 1. The van der Waals surface area contributed by atoms with Crippen LogP contribution in [-0.2, 0) is 11.2 Å². The number of nitrogens with two attached hydrogens (primary N) is 1. The first-order valence-corrected chi connectivity index (χ1v) is 9.42. The highest BCUT2D eigenvalue weighted by Gasteiger charge is 2.34. The second-order valence-electron chi connectivity index (χ2n) is 6.97. The molecule has 3 rings (SSSR count). The molecule has 0 bridgehead atoms. The summed E-state index contributed by atoms with van der Waals surface area (Å²) in [5.74, 6) is 0.291. The summed E-state index contributed by atoms with van der Waals surface area (Å²) in [5, 5.41) is 16.3. The van der Waals surface area contributed by atoms with Crippen LogP contribution in [0.15, 0.2) is 6.07 Å². The van der Waals surface area contributed by atoms with Crippen LogP contribution in [0.4, 0.5) is 5.69 Å². The average molecular weight is 384 g/mol. The number of benzene rings is 1. The fourth-order valence-electron chi connectivity index (χ4n) is 3.93. The largest absolute Gasteiger partial charge is 0.631 e. The highest BCUT2D eigenvalue weighted by Crippen LogP contribution is 2.38. The number of hydrogen-bond acceptors (Lipinski definition) is 5. The monoisotopic (exact) mass is 383 g/mol. The molecule has 1 amide bonds. The van der Waals surface area contributed by atoms with Gasteiger partial charge in [-0.05, 0) is 6.07 Å². The van der Waals surface area contributed by atoms with Gasteiger partial charge >= 0.3 is 0 Å². The van der Waals surface area contributed by atoms with Crippen molar-refractivity contribution in [3.63, 3.8) is 0 Å². The van der Waals surface area contributed by atoms with Gasteiger partial charge < -0.3 is 30.4 Å². The number of halogens is 1. The normalized spacial score (nSPS) is 26.1. The molecule has 2 aliphatic rings. The Kier molecular flexibility index (Phi) is 5.62. The van der Waals surface area contributed by atoms with E-state index in [1.807, 2.05) is 6.92 Å². The lowest BCUT2D eigenvalue weighted by Crippen LogP contribution is -2.58. The van der Waals surface area contributed by atoms with Crippen molar-refractivity contribution >= 4 is 23.2 Å². The summed E-state index contributed by atoms with van der Waals surface area (Å²) < 4.78 is 10.6. The number of fused-ring (bicyclic) bond motifs is 1. The van der Waals surface area contributed by atoms with E-state index in [0.717, 1.165) is 5.56 Å². The topological polar surface area (TPSA) is 96.6 Å². The zero-order chi connectivity index (χ0) is 18.9. The predicted octanol–water partition coefficient (Wildman–Crippen LogP) is 2.45. The van der Waals surface area contributed by atoms with E-state index in [1.54, 1.807) is 13.2 Å². The molecular weight excluding hydrogens is 358 g/mol. The van der Waals surface area contributed by atoms with Gasteiger partial charge in [0.1, 0.15) is 5.75 Å². The van der Waals surface area contributed by atoms with Crippen molar-refractivity contribution in [2.45, 2.75) is 44.9 Å². The van der Waals surface area contributed by atoms with E-state index in [0.29, 0.717) is 67.4 Å². The number of ether oxygens (including phenoxy) is 2. The summed E-state index contributed by atoms with van der Waals surface area (Å²) >= 11 is 6.17. The van der Waals surface area contributed by atoms with Gasteiger partial charge in [-0.2, -0.15) is 0 Å². The molecule has 2 heterocycles. The van der Waals surface area contributed by atoms with E-state index in [4.69, 9.17) is 26.8 Å². The SMILES string of the molecule is CCC(OC)[N+]1([O-])CCC(NC(=O)c2cc(Cl)c(N)c3c2OCC3)CC1. The van der Waals surface area contributed by atoms with E-state index in [1.165, 1.54) is 0 Å². The third-order valence-corrected chi connectivity index (χ3v) is 5.72. The maximum absolute atomic E-state index is 12.9. The van der Waals surface area contributed by atoms with Crippen LogP contribution in [-0.4, -0.2) is 49.6 Å². The molecule has 0 spiro atoms. The Morgan fingerprint density at radius 2 is 2.23 bits per heavy atom. The fraction of sp³-hybridized carbons (Fsp3) is 0.611. The van der Waals surface area contributed by atoms with Gasteiger partial charge in [0, 0.05) is 44.4 Å². The minimum atomic E-state index is -0.356. The van der Waals surface area contributed by atoms with E-state index < -0.39 is 0 Å². The molecule has 0 aromatic heterocycles.